The molecule has 1 aromatic carbocycles. The van der Waals surface area contributed by atoms with Gasteiger partial charge < -0.3 is 9.47 Å². The number of carbonyl (C=O) groups excluding carboxylic acids is 1. The quantitative estimate of drug-likeness (QED) is 0.719. The first kappa shape index (κ1) is 19.7. The molecule has 10 heteroatoms. The van der Waals surface area contributed by atoms with Crippen LogP contribution in [-0.4, -0.2) is 49.6 Å². The van der Waals surface area contributed by atoms with Crippen LogP contribution in [0.2, 0.25) is 5.02 Å². The number of sulfone groups is 1. The zero-order valence-electron chi connectivity index (χ0n) is 15.0. The number of aromatic amines is 1. The topological polar surface area (TPSA) is 107 Å². The van der Waals surface area contributed by atoms with Crippen LogP contribution in [0, 0.1) is 6.92 Å². The Kier molecular flexibility index (Phi) is 5.20. The minimum absolute atomic E-state index is 0.00163. The van der Waals surface area contributed by atoms with Crippen LogP contribution >= 0.6 is 11.6 Å². The van der Waals surface area contributed by atoms with Gasteiger partial charge in [-0.1, -0.05) is 11.6 Å². The zero-order valence-corrected chi connectivity index (χ0v) is 16.6. The van der Waals surface area contributed by atoms with Gasteiger partial charge in [0.25, 0.3) is 5.56 Å². The average molecular weight is 415 g/mol. The highest BCUT2D eigenvalue weighted by Gasteiger charge is 2.30. The molecule has 0 amide bonds. The Labute approximate surface area is 160 Å². The summed E-state index contributed by atoms with van der Waals surface area (Å²) in [5, 5.41) is 2.69. The second-order valence-corrected chi connectivity index (χ2v) is 8.66. The first-order chi connectivity index (χ1) is 12.6. The molecule has 0 saturated carbocycles. The fraction of sp³-hybridized carbons (Fsp3) is 0.412. The van der Waals surface area contributed by atoms with E-state index in [0.717, 1.165) is 6.26 Å². The van der Waals surface area contributed by atoms with Crippen molar-refractivity contribution in [3.05, 3.63) is 44.3 Å². The molecule has 0 aliphatic carbocycles. The van der Waals surface area contributed by atoms with Crippen LogP contribution in [0.25, 0.3) is 0 Å². The second-order valence-electron chi connectivity index (χ2n) is 6.29. The minimum atomic E-state index is -3.64. The smallest absolute Gasteiger partial charge is 0.278 e. The van der Waals surface area contributed by atoms with Crippen molar-refractivity contribution in [3.63, 3.8) is 0 Å². The Morgan fingerprint density at radius 1 is 1.41 bits per heavy atom. The summed E-state index contributed by atoms with van der Waals surface area (Å²) in [5.74, 6) is -0.692. The number of hydrogen-bond donors (Lipinski definition) is 1. The highest BCUT2D eigenvalue weighted by Crippen LogP contribution is 2.37. The Hall–Kier alpha value is -2.10. The number of rotatable bonds is 6. The van der Waals surface area contributed by atoms with Gasteiger partial charge in [0.15, 0.2) is 15.6 Å². The van der Waals surface area contributed by atoms with Gasteiger partial charge in [-0.2, -0.15) is 0 Å². The van der Waals surface area contributed by atoms with E-state index in [1.165, 1.54) is 16.8 Å². The summed E-state index contributed by atoms with van der Waals surface area (Å²) in [6, 6.07) is 2.57. The Morgan fingerprint density at radius 2 is 2.07 bits per heavy atom. The van der Waals surface area contributed by atoms with Gasteiger partial charge in [0.05, 0.1) is 18.2 Å². The van der Waals surface area contributed by atoms with E-state index in [4.69, 9.17) is 21.1 Å². The van der Waals surface area contributed by atoms with Crippen molar-refractivity contribution in [2.75, 3.05) is 19.5 Å². The molecule has 0 spiro atoms. The highest BCUT2D eigenvalue weighted by atomic mass is 35.5. The van der Waals surface area contributed by atoms with Crippen molar-refractivity contribution < 1.29 is 22.7 Å². The first-order valence-corrected chi connectivity index (χ1v) is 10.5. The van der Waals surface area contributed by atoms with Crippen LogP contribution in [0.1, 0.15) is 28.5 Å². The summed E-state index contributed by atoms with van der Waals surface area (Å²) in [5.41, 5.74) is -0.0892. The molecule has 2 aromatic rings. The van der Waals surface area contributed by atoms with Gasteiger partial charge in [0.1, 0.15) is 16.6 Å². The molecule has 1 fully saturated rings. The molecule has 8 nitrogen and oxygen atoms in total. The van der Waals surface area contributed by atoms with E-state index in [2.05, 4.69) is 5.10 Å². The predicted molar refractivity (Wildman–Crippen MR) is 98.7 cm³/mol. The molecule has 0 radical (unpaired) electrons. The summed E-state index contributed by atoms with van der Waals surface area (Å²) in [7, 11) is -3.64. The lowest BCUT2D eigenvalue weighted by Crippen LogP contribution is -2.39. The van der Waals surface area contributed by atoms with Crippen molar-refractivity contribution in [1.29, 1.82) is 0 Å². The Bertz CT molecular complexity index is 1070. The number of H-pyrrole nitrogens is 1. The maximum Gasteiger partial charge on any atom is 0.278 e. The third-order valence-corrected chi connectivity index (χ3v) is 5.77. The van der Waals surface area contributed by atoms with Crippen LogP contribution in [0.4, 0.5) is 0 Å². The van der Waals surface area contributed by atoms with Gasteiger partial charge >= 0.3 is 0 Å². The third kappa shape index (κ3) is 3.54. The number of ketones is 1. The van der Waals surface area contributed by atoms with E-state index in [1.54, 1.807) is 13.8 Å². The van der Waals surface area contributed by atoms with E-state index in [1.807, 2.05) is 0 Å². The predicted octanol–water partition coefficient (Wildman–Crippen LogP) is 1.57. The Morgan fingerprint density at radius 3 is 2.56 bits per heavy atom. The molecule has 27 heavy (non-hydrogen) atoms. The van der Waals surface area contributed by atoms with Crippen molar-refractivity contribution in [1.82, 2.24) is 9.78 Å². The van der Waals surface area contributed by atoms with Crippen molar-refractivity contribution in [2.45, 2.75) is 31.4 Å². The molecule has 146 valence electrons. The van der Waals surface area contributed by atoms with Gasteiger partial charge in [-0.15, -0.1) is 0 Å². The second kappa shape index (κ2) is 7.14. The number of benzene rings is 1. The lowest BCUT2D eigenvalue weighted by atomic mass is 10.0. The number of nitrogens with one attached hydrogen (secondary N) is 1. The first-order valence-electron chi connectivity index (χ1n) is 8.26. The average Bonchev–Trinajstić information content (AvgIpc) is 2.84. The number of aromatic nitrogens is 2. The van der Waals surface area contributed by atoms with Crippen molar-refractivity contribution in [2.24, 2.45) is 0 Å². The van der Waals surface area contributed by atoms with Crippen LogP contribution in [0.15, 0.2) is 21.8 Å². The van der Waals surface area contributed by atoms with E-state index in [0.29, 0.717) is 25.5 Å². The zero-order chi connectivity index (χ0) is 19.9. The number of ether oxygens (including phenoxy) is 2. The largest absolute Gasteiger partial charge is 0.483 e. The SMILES string of the molecule is CCn1[nH]c(C)c(C(=O)c2ccc(S(C)(=O)=O)c(OC3COC3)c2Cl)c1=O. The summed E-state index contributed by atoms with van der Waals surface area (Å²) in [6.07, 6.45) is 0.681. The van der Waals surface area contributed by atoms with E-state index < -0.39 is 21.2 Å². The molecule has 1 aliphatic heterocycles. The molecular formula is C17H19ClN2O6S. The third-order valence-electron chi connectivity index (χ3n) is 4.28. The Balaban J connectivity index is 2.14. The fourth-order valence-electron chi connectivity index (χ4n) is 2.79. The van der Waals surface area contributed by atoms with E-state index in [-0.39, 0.29) is 32.9 Å². The lowest BCUT2D eigenvalue weighted by Gasteiger charge is -2.28. The number of nitrogens with zero attached hydrogens (tertiary/aromatic N) is 1. The fourth-order valence-corrected chi connectivity index (χ4v) is 3.95. The monoisotopic (exact) mass is 414 g/mol. The maximum absolute atomic E-state index is 13.0. The van der Waals surface area contributed by atoms with Gasteiger partial charge in [-0.25, -0.2) is 8.42 Å². The van der Waals surface area contributed by atoms with E-state index >= 15 is 0 Å². The minimum Gasteiger partial charge on any atom is -0.483 e. The number of hydrogen-bond acceptors (Lipinski definition) is 6. The summed E-state index contributed by atoms with van der Waals surface area (Å²) >= 11 is 6.37. The van der Waals surface area contributed by atoms with Crippen LogP contribution < -0.4 is 10.3 Å². The van der Waals surface area contributed by atoms with Crippen molar-refractivity contribution >= 4 is 27.2 Å². The number of halogens is 1. The lowest BCUT2D eigenvalue weighted by molar-refractivity contribution is -0.0806. The standard InChI is InChI=1S/C17H19ClN2O6S/c1-4-20-17(22)13(9(2)19-20)15(21)11-5-6-12(27(3,23)24)16(14(11)18)26-10-7-25-8-10/h5-6,10,19H,4,7-8H2,1-3H3. The molecule has 1 aromatic heterocycles. The maximum atomic E-state index is 13.0. The molecule has 2 heterocycles. The van der Waals surface area contributed by atoms with Crippen molar-refractivity contribution in [3.8, 4) is 5.75 Å². The molecule has 3 rings (SSSR count). The van der Waals surface area contributed by atoms with Gasteiger partial charge in [0, 0.05) is 24.1 Å². The van der Waals surface area contributed by atoms with Crippen LogP contribution in [0.3, 0.4) is 0 Å². The molecule has 1 N–H and O–H groups in total. The molecule has 1 saturated heterocycles. The van der Waals surface area contributed by atoms with Crippen LogP contribution in [0.5, 0.6) is 5.75 Å². The van der Waals surface area contributed by atoms with Gasteiger partial charge in [0.2, 0.25) is 5.78 Å². The van der Waals surface area contributed by atoms with Gasteiger partial charge in [-0.3, -0.25) is 19.4 Å². The molecule has 1 aliphatic rings. The van der Waals surface area contributed by atoms with Gasteiger partial charge in [-0.05, 0) is 26.0 Å². The van der Waals surface area contributed by atoms with E-state index in [9.17, 15) is 18.0 Å². The molecule has 0 unspecified atom stereocenters. The highest BCUT2D eigenvalue weighted by molar-refractivity contribution is 7.90. The summed E-state index contributed by atoms with van der Waals surface area (Å²) in [6.45, 7) is 4.37. The molecule has 0 atom stereocenters. The summed E-state index contributed by atoms with van der Waals surface area (Å²) < 4.78 is 36.2. The number of carbonyl (C=O) groups is 1. The molecular weight excluding hydrogens is 396 g/mol. The summed E-state index contributed by atoms with van der Waals surface area (Å²) in [4.78, 5) is 25.3. The normalized spacial score (nSPS) is 14.8. The van der Waals surface area contributed by atoms with Crippen LogP contribution in [-0.2, 0) is 21.1 Å². The molecule has 0 bridgehead atoms. The number of aryl methyl sites for hydroxylation is 2.